The number of aliphatic hydroxyl groups excluding tert-OH is 1. The Bertz CT molecular complexity index is 417. The highest BCUT2D eigenvalue weighted by Crippen LogP contribution is 2.09. The molecular formula is C13H17N3O2. The molecule has 0 aliphatic heterocycles. The minimum atomic E-state index is -0.240. The summed E-state index contributed by atoms with van der Waals surface area (Å²) >= 11 is 0. The van der Waals surface area contributed by atoms with Gasteiger partial charge in [-0.1, -0.05) is 6.92 Å². The number of nitriles is 1. The lowest BCUT2D eigenvalue weighted by atomic mass is 10.2. The van der Waals surface area contributed by atoms with Crippen molar-refractivity contribution in [3.05, 3.63) is 29.8 Å². The lowest BCUT2D eigenvalue weighted by Crippen LogP contribution is -2.37. The maximum absolute atomic E-state index is 11.9. The molecule has 0 unspecified atom stereocenters. The second-order valence-electron chi connectivity index (χ2n) is 3.83. The molecule has 0 aromatic heterocycles. The lowest BCUT2D eigenvalue weighted by molar-refractivity contribution is 0.188. The molecule has 0 heterocycles. The van der Waals surface area contributed by atoms with Gasteiger partial charge in [0.2, 0.25) is 0 Å². The fourth-order valence-electron chi connectivity index (χ4n) is 1.54. The molecule has 0 fully saturated rings. The molecule has 18 heavy (non-hydrogen) atoms. The van der Waals surface area contributed by atoms with Crippen LogP contribution in [0.3, 0.4) is 0 Å². The van der Waals surface area contributed by atoms with E-state index in [1.165, 1.54) is 0 Å². The minimum absolute atomic E-state index is 0.0548. The van der Waals surface area contributed by atoms with E-state index in [1.54, 1.807) is 29.2 Å². The number of carbonyl (C=O) groups is 1. The number of carbonyl (C=O) groups excluding carboxylic acids is 1. The molecule has 1 rings (SSSR count). The first kappa shape index (κ1) is 14.0. The van der Waals surface area contributed by atoms with Crippen molar-refractivity contribution in [2.75, 3.05) is 25.0 Å². The number of rotatable bonds is 5. The van der Waals surface area contributed by atoms with E-state index < -0.39 is 0 Å². The van der Waals surface area contributed by atoms with E-state index in [1.807, 2.05) is 13.0 Å². The van der Waals surface area contributed by atoms with Crippen LogP contribution < -0.4 is 5.32 Å². The van der Waals surface area contributed by atoms with Crippen LogP contribution >= 0.6 is 0 Å². The summed E-state index contributed by atoms with van der Waals surface area (Å²) in [5.41, 5.74) is 1.19. The maximum Gasteiger partial charge on any atom is 0.321 e. The van der Waals surface area contributed by atoms with Crippen molar-refractivity contribution in [2.45, 2.75) is 13.3 Å². The van der Waals surface area contributed by atoms with E-state index in [0.717, 1.165) is 6.42 Å². The predicted molar refractivity (Wildman–Crippen MR) is 69.1 cm³/mol. The normalized spacial score (nSPS) is 9.61. The maximum atomic E-state index is 11.9. The molecule has 0 aliphatic carbocycles. The van der Waals surface area contributed by atoms with E-state index >= 15 is 0 Å². The average Bonchev–Trinajstić information content (AvgIpc) is 2.39. The number of nitrogens with one attached hydrogen (secondary N) is 1. The molecular weight excluding hydrogens is 230 g/mol. The summed E-state index contributed by atoms with van der Waals surface area (Å²) in [6, 6.07) is 8.42. The average molecular weight is 247 g/mol. The van der Waals surface area contributed by atoms with Gasteiger partial charge in [-0.15, -0.1) is 0 Å². The van der Waals surface area contributed by atoms with Gasteiger partial charge < -0.3 is 15.3 Å². The molecule has 96 valence electrons. The van der Waals surface area contributed by atoms with Gasteiger partial charge in [0, 0.05) is 18.8 Å². The summed E-state index contributed by atoms with van der Waals surface area (Å²) in [5, 5.41) is 20.3. The van der Waals surface area contributed by atoms with E-state index in [2.05, 4.69) is 5.32 Å². The Morgan fingerprint density at radius 1 is 1.39 bits per heavy atom. The van der Waals surface area contributed by atoms with E-state index in [9.17, 15) is 4.79 Å². The van der Waals surface area contributed by atoms with Crippen molar-refractivity contribution in [1.29, 1.82) is 5.26 Å². The summed E-state index contributed by atoms with van der Waals surface area (Å²) in [6.07, 6.45) is 0.834. The van der Waals surface area contributed by atoms with Gasteiger partial charge in [-0.25, -0.2) is 4.79 Å². The summed E-state index contributed by atoms with van der Waals surface area (Å²) in [4.78, 5) is 13.4. The molecule has 2 N–H and O–H groups in total. The number of benzene rings is 1. The highest BCUT2D eigenvalue weighted by molar-refractivity contribution is 5.89. The molecule has 0 radical (unpaired) electrons. The molecule has 5 nitrogen and oxygen atoms in total. The summed E-state index contributed by atoms with van der Waals surface area (Å²) in [6.45, 7) is 2.83. The van der Waals surface area contributed by atoms with Gasteiger partial charge >= 0.3 is 6.03 Å². The number of anilines is 1. The molecule has 0 atom stereocenters. The standard InChI is InChI=1S/C13H17N3O2/c1-2-7-16(8-9-17)13(18)15-12-5-3-11(10-14)4-6-12/h3-6,17H,2,7-9H2,1H3,(H,15,18). The van der Waals surface area contributed by atoms with Crippen LogP contribution in [0.2, 0.25) is 0 Å². The molecule has 2 amide bonds. The quantitative estimate of drug-likeness (QED) is 0.832. The fourth-order valence-corrected chi connectivity index (χ4v) is 1.54. The monoisotopic (exact) mass is 247 g/mol. The zero-order chi connectivity index (χ0) is 13.4. The van der Waals surface area contributed by atoms with Gasteiger partial charge in [-0.3, -0.25) is 0 Å². The van der Waals surface area contributed by atoms with Gasteiger partial charge in [0.15, 0.2) is 0 Å². The predicted octanol–water partition coefficient (Wildman–Crippen LogP) is 1.79. The van der Waals surface area contributed by atoms with Crippen molar-refractivity contribution < 1.29 is 9.90 Å². The molecule has 1 aromatic carbocycles. The summed E-state index contributed by atoms with van der Waals surface area (Å²) < 4.78 is 0. The van der Waals surface area contributed by atoms with Gasteiger partial charge in [-0.05, 0) is 30.7 Å². The first-order chi connectivity index (χ1) is 8.71. The number of amides is 2. The number of aliphatic hydroxyl groups is 1. The molecule has 0 bridgehead atoms. The van der Waals surface area contributed by atoms with Gasteiger partial charge in [0.05, 0.1) is 18.2 Å². The largest absolute Gasteiger partial charge is 0.395 e. The van der Waals surface area contributed by atoms with Crippen LogP contribution in [-0.2, 0) is 0 Å². The number of urea groups is 1. The smallest absolute Gasteiger partial charge is 0.321 e. The van der Waals surface area contributed by atoms with Crippen LogP contribution in [-0.4, -0.2) is 35.7 Å². The zero-order valence-electron chi connectivity index (χ0n) is 10.4. The molecule has 5 heteroatoms. The van der Waals surface area contributed by atoms with Crippen LogP contribution in [0.15, 0.2) is 24.3 Å². The van der Waals surface area contributed by atoms with E-state index in [0.29, 0.717) is 24.3 Å². The molecule has 0 spiro atoms. The Balaban J connectivity index is 2.63. The third-order valence-electron chi connectivity index (χ3n) is 2.42. The van der Waals surface area contributed by atoms with Gasteiger partial charge in [0.1, 0.15) is 0 Å². The Labute approximate surface area is 107 Å². The lowest BCUT2D eigenvalue weighted by Gasteiger charge is -2.21. The van der Waals surface area contributed by atoms with Crippen molar-refractivity contribution in [3.8, 4) is 6.07 Å². The Hall–Kier alpha value is -2.06. The topological polar surface area (TPSA) is 76.4 Å². The number of hydrogen-bond donors (Lipinski definition) is 2. The molecule has 0 saturated carbocycles. The Morgan fingerprint density at radius 3 is 2.56 bits per heavy atom. The number of hydrogen-bond acceptors (Lipinski definition) is 3. The SMILES string of the molecule is CCCN(CCO)C(=O)Nc1ccc(C#N)cc1. The zero-order valence-corrected chi connectivity index (χ0v) is 10.4. The van der Waals surface area contributed by atoms with Crippen molar-refractivity contribution in [2.24, 2.45) is 0 Å². The second-order valence-corrected chi connectivity index (χ2v) is 3.83. The molecule has 1 aromatic rings. The van der Waals surface area contributed by atoms with Crippen molar-refractivity contribution >= 4 is 11.7 Å². The van der Waals surface area contributed by atoms with Crippen LogP contribution in [0, 0.1) is 11.3 Å². The molecule has 0 saturated heterocycles. The first-order valence-corrected chi connectivity index (χ1v) is 5.88. The third-order valence-corrected chi connectivity index (χ3v) is 2.42. The molecule has 0 aliphatic rings. The number of nitrogens with zero attached hydrogens (tertiary/aromatic N) is 2. The van der Waals surface area contributed by atoms with E-state index in [-0.39, 0.29) is 12.6 Å². The highest BCUT2D eigenvalue weighted by Gasteiger charge is 2.11. The Kier molecular flexibility index (Phi) is 5.68. The summed E-state index contributed by atoms with van der Waals surface area (Å²) in [5.74, 6) is 0. The van der Waals surface area contributed by atoms with Crippen LogP contribution in [0.4, 0.5) is 10.5 Å². The van der Waals surface area contributed by atoms with Gasteiger partial charge in [-0.2, -0.15) is 5.26 Å². The van der Waals surface area contributed by atoms with E-state index in [4.69, 9.17) is 10.4 Å². The third kappa shape index (κ3) is 4.07. The van der Waals surface area contributed by atoms with Crippen molar-refractivity contribution in [3.63, 3.8) is 0 Å². The first-order valence-electron chi connectivity index (χ1n) is 5.88. The van der Waals surface area contributed by atoms with Crippen molar-refractivity contribution in [1.82, 2.24) is 4.90 Å². The van der Waals surface area contributed by atoms with Crippen LogP contribution in [0.1, 0.15) is 18.9 Å². The fraction of sp³-hybridized carbons (Fsp3) is 0.385. The minimum Gasteiger partial charge on any atom is -0.395 e. The Morgan fingerprint density at radius 2 is 2.06 bits per heavy atom. The van der Waals surface area contributed by atoms with Gasteiger partial charge in [0.25, 0.3) is 0 Å². The van der Waals surface area contributed by atoms with Crippen LogP contribution in [0.25, 0.3) is 0 Å². The highest BCUT2D eigenvalue weighted by atomic mass is 16.3. The van der Waals surface area contributed by atoms with Crippen LogP contribution in [0.5, 0.6) is 0 Å². The summed E-state index contributed by atoms with van der Waals surface area (Å²) in [7, 11) is 0. The second kappa shape index (κ2) is 7.30.